The number of carbonyl (C=O) groups is 1. The van der Waals surface area contributed by atoms with Crippen molar-refractivity contribution in [2.75, 3.05) is 11.9 Å². The Bertz CT molecular complexity index is 764. The summed E-state index contributed by atoms with van der Waals surface area (Å²) >= 11 is 5.62. The van der Waals surface area contributed by atoms with Gasteiger partial charge in [-0.15, -0.1) is 0 Å². The number of hydrogen-bond acceptors (Lipinski definition) is 3. The van der Waals surface area contributed by atoms with Gasteiger partial charge in [-0.3, -0.25) is 14.9 Å². The zero-order valence-electron chi connectivity index (χ0n) is 11.8. The van der Waals surface area contributed by atoms with Crippen molar-refractivity contribution >= 4 is 28.9 Å². The molecule has 0 radical (unpaired) electrons. The largest absolute Gasteiger partial charge is 0.311 e. The van der Waals surface area contributed by atoms with Gasteiger partial charge in [-0.05, 0) is 18.6 Å². The molecule has 2 rings (SSSR count). The third-order valence-electron chi connectivity index (χ3n) is 3.25. The van der Waals surface area contributed by atoms with E-state index in [9.17, 15) is 19.3 Å². The molecule has 0 aliphatic carbocycles. The van der Waals surface area contributed by atoms with Gasteiger partial charge in [-0.25, -0.2) is 4.39 Å². The van der Waals surface area contributed by atoms with Crippen LogP contribution in [0.2, 0.25) is 5.02 Å². The maximum absolute atomic E-state index is 14.0. The van der Waals surface area contributed by atoms with Crippen molar-refractivity contribution in [3.63, 3.8) is 0 Å². The average Bonchev–Trinajstić information content (AvgIpc) is 2.46. The van der Waals surface area contributed by atoms with E-state index < -0.39 is 27.9 Å². The highest BCUT2D eigenvalue weighted by Crippen LogP contribution is 2.29. The van der Waals surface area contributed by atoms with Crippen LogP contribution >= 0.6 is 11.6 Å². The Morgan fingerprint density at radius 1 is 1.32 bits per heavy atom. The molecule has 114 valence electrons. The highest BCUT2D eigenvalue weighted by atomic mass is 35.5. The summed E-state index contributed by atoms with van der Waals surface area (Å²) < 4.78 is 14.0. The average molecular weight is 323 g/mol. The molecule has 0 heterocycles. The summed E-state index contributed by atoms with van der Waals surface area (Å²) in [7, 11) is 1.48. The van der Waals surface area contributed by atoms with Gasteiger partial charge in [0.1, 0.15) is 10.8 Å². The topological polar surface area (TPSA) is 63.5 Å². The molecule has 7 heteroatoms. The summed E-state index contributed by atoms with van der Waals surface area (Å²) in [6.07, 6.45) is 0. The molecular weight excluding hydrogens is 311 g/mol. The number of nitro benzene ring substituents is 1. The van der Waals surface area contributed by atoms with E-state index in [1.807, 2.05) is 6.07 Å². The van der Waals surface area contributed by atoms with Crippen molar-refractivity contribution in [3.05, 3.63) is 68.5 Å². The van der Waals surface area contributed by atoms with Crippen LogP contribution in [-0.2, 0) is 0 Å². The molecule has 1 amide bonds. The molecule has 0 aliphatic heterocycles. The van der Waals surface area contributed by atoms with Crippen molar-refractivity contribution in [1.29, 1.82) is 0 Å². The number of amides is 1. The third-order valence-corrected chi connectivity index (χ3v) is 3.55. The summed E-state index contributed by atoms with van der Waals surface area (Å²) in [4.78, 5) is 23.8. The fourth-order valence-corrected chi connectivity index (χ4v) is 2.29. The van der Waals surface area contributed by atoms with Crippen LogP contribution in [0.1, 0.15) is 15.9 Å². The fourth-order valence-electron chi connectivity index (χ4n) is 2.07. The Kier molecular flexibility index (Phi) is 4.42. The summed E-state index contributed by atoms with van der Waals surface area (Å²) in [6.45, 7) is 1.81. The van der Waals surface area contributed by atoms with E-state index in [2.05, 4.69) is 0 Å². The van der Waals surface area contributed by atoms with Gasteiger partial charge >= 0.3 is 0 Å². The lowest BCUT2D eigenvalue weighted by Crippen LogP contribution is -2.27. The van der Waals surface area contributed by atoms with Crippen LogP contribution in [0.25, 0.3) is 0 Å². The first-order chi connectivity index (χ1) is 10.3. The minimum Gasteiger partial charge on any atom is -0.311 e. The fraction of sp³-hybridized carbons (Fsp3) is 0.133. The van der Waals surface area contributed by atoms with Crippen LogP contribution in [0.4, 0.5) is 15.8 Å². The molecule has 2 aromatic carbocycles. The van der Waals surface area contributed by atoms with E-state index in [-0.39, 0.29) is 5.02 Å². The molecule has 0 unspecified atom stereocenters. The first-order valence-electron chi connectivity index (χ1n) is 6.30. The number of nitro groups is 1. The van der Waals surface area contributed by atoms with Gasteiger partial charge in [-0.1, -0.05) is 29.8 Å². The number of halogens is 2. The minimum absolute atomic E-state index is 0.349. The zero-order chi connectivity index (χ0) is 16.4. The Morgan fingerprint density at radius 3 is 2.55 bits per heavy atom. The van der Waals surface area contributed by atoms with Crippen LogP contribution in [0.15, 0.2) is 36.4 Å². The quantitative estimate of drug-likeness (QED) is 0.634. The Morgan fingerprint density at radius 2 is 1.95 bits per heavy atom. The van der Waals surface area contributed by atoms with Crippen LogP contribution < -0.4 is 4.90 Å². The number of benzene rings is 2. The molecule has 0 spiro atoms. The number of carbonyl (C=O) groups excluding carboxylic acids is 1. The molecule has 0 aliphatic rings. The summed E-state index contributed by atoms with van der Waals surface area (Å²) in [6, 6.07) is 8.69. The van der Waals surface area contributed by atoms with E-state index >= 15 is 0 Å². The van der Waals surface area contributed by atoms with Gasteiger partial charge in [0, 0.05) is 24.9 Å². The first-order valence-corrected chi connectivity index (χ1v) is 6.68. The molecule has 0 fully saturated rings. The van der Waals surface area contributed by atoms with Crippen molar-refractivity contribution < 1.29 is 14.1 Å². The van der Waals surface area contributed by atoms with Crippen molar-refractivity contribution in [1.82, 2.24) is 0 Å². The smallest absolute Gasteiger partial charge is 0.288 e. The molecule has 0 N–H and O–H groups in total. The Hall–Kier alpha value is -2.47. The number of para-hydroxylation sites is 1. The lowest BCUT2D eigenvalue weighted by molar-refractivity contribution is -0.384. The molecular formula is C15H12ClFN2O3. The Labute approximate surface area is 131 Å². The van der Waals surface area contributed by atoms with Crippen molar-refractivity contribution in [3.8, 4) is 0 Å². The van der Waals surface area contributed by atoms with Crippen LogP contribution in [0.3, 0.4) is 0 Å². The van der Waals surface area contributed by atoms with Gasteiger partial charge in [-0.2, -0.15) is 0 Å². The number of anilines is 1. The molecule has 0 saturated heterocycles. The van der Waals surface area contributed by atoms with E-state index in [0.717, 1.165) is 17.7 Å². The predicted molar refractivity (Wildman–Crippen MR) is 82.0 cm³/mol. The maximum atomic E-state index is 14.0. The summed E-state index contributed by atoms with van der Waals surface area (Å²) in [5.41, 5.74) is 0.498. The standard InChI is InChI=1S/C15H12ClFN2O3/c1-9-5-3-4-6-13(9)18(2)15(20)10-7-14(19(21)22)11(16)8-12(10)17/h3-8H,1-2H3. The second-order valence-corrected chi connectivity index (χ2v) is 5.10. The zero-order valence-corrected chi connectivity index (χ0v) is 12.6. The highest BCUT2D eigenvalue weighted by molar-refractivity contribution is 6.32. The normalized spacial score (nSPS) is 10.4. The number of aryl methyl sites for hydroxylation is 1. The lowest BCUT2D eigenvalue weighted by Gasteiger charge is -2.19. The van der Waals surface area contributed by atoms with E-state index in [0.29, 0.717) is 5.69 Å². The van der Waals surface area contributed by atoms with Crippen molar-refractivity contribution in [2.24, 2.45) is 0 Å². The molecule has 0 atom stereocenters. The molecule has 22 heavy (non-hydrogen) atoms. The van der Waals surface area contributed by atoms with Gasteiger partial charge in [0.15, 0.2) is 0 Å². The number of nitrogens with zero attached hydrogens (tertiary/aromatic N) is 2. The van der Waals surface area contributed by atoms with E-state index in [4.69, 9.17) is 11.6 Å². The molecule has 0 bridgehead atoms. The SMILES string of the molecule is Cc1ccccc1N(C)C(=O)c1cc([N+](=O)[O-])c(Cl)cc1F. The molecule has 5 nitrogen and oxygen atoms in total. The van der Waals surface area contributed by atoms with E-state index in [1.165, 1.54) is 11.9 Å². The van der Waals surface area contributed by atoms with Gasteiger partial charge in [0.25, 0.3) is 11.6 Å². The lowest BCUT2D eigenvalue weighted by atomic mass is 10.1. The van der Waals surface area contributed by atoms with E-state index in [1.54, 1.807) is 25.1 Å². The van der Waals surface area contributed by atoms with Crippen LogP contribution in [0, 0.1) is 22.9 Å². The summed E-state index contributed by atoms with van der Waals surface area (Å²) in [5, 5.41) is 10.5. The maximum Gasteiger partial charge on any atom is 0.288 e. The monoisotopic (exact) mass is 322 g/mol. The number of rotatable bonds is 3. The highest BCUT2D eigenvalue weighted by Gasteiger charge is 2.24. The summed E-state index contributed by atoms with van der Waals surface area (Å²) in [5.74, 6) is -1.59. The second-order valence-electron chi connectivity index (χ2n) is 4.69. The molecule has 0 saturated carbocycles. The van der Waals surface area contributed by atoms with Gasteiger partial charge in [0.2, 0.25) is 0 Å². The van der Waals surface area contributed by atoms with Gasteiger partial charge < -0.3 is 4.90 Å². The van der Waals surface area contributed by atoms with Crippen LogP contribution in [-0.4, -0.2) is 17.9 Å². The van der Waals surface area contributed by atoms with Gasteiger partial charge in [0.05, 0.1) is 10.5 Å². The number of hydrogen-bond donors (Lipinski definition) is 0. The third kappa shape index (κ3) is 2.92. The van der Waals surface area contributed by atoms with Crippen LogP contribution in [0.5, 0.6) is 0 Å². The predicted octanol–water partition coefficient (Wildman–Crippen LogP) is 3.97. The molecule has 2 aromatic rings. The first kappa shape index (κ1) is 15.9. The van der Waals surface area contributed by atoms with Crippen molar-refractivity contribution in [2.45, 2.75) is 6.92 Å². The minimum atomic E-state index is -0.902. The molecule has 0 aromatic heterocycles. The second kappa shape index (κ2) is 6.11. The Balaban J connectivity index is 2.48.